The lowest BCUT2D eigenvalue weighted by atomic mass is 9.84. The van der Waals surface area contributed by atoms with Crippen LogP contribution >= 0.6 is 0 Å². The molecule has 0 radical (unpaired) electrons. The number of hydrogen-bond donors (Lipinski definition) is 1. The highest BCUT2D eigenvalue weighted by Gasteiger charge is 2.40. The maximum atomic E-state index is 12.3. The van der Waals surface area contributed by atoms with E-state index in [0.29, 0.717) is 17.7 Å². The van der Waals surface area contributed by atoms with Crippen molar-refractivity contribution in [2.75, 3.05) is 0 Å². The number of carbonyl (C=O) groups excluding carboxylic acids is 1. The highest BCUT2D eigenvalue weighted by atomic mass is 16.1. The standard InChI is InChI=1S/C14H23NO/c16-14(10-5-1-2-6-10)13-9-11-7-3-4-8-12(11)15-13/h10-13,15H,1-9H2. The molecule has 1 saturated heterocycles. The van der Waals surface area contributed by atoms with Crippen LogP contribution < -0.4 is 5.32 Å². The third kappa shape index (κ3) is 1.92. The van der Waals surface area contributed by atoms with Gasteiger partial charge in [-0.3, -0.25) is 4.79 Å². The Morgan fingerprint density at radius 3 is 2.38 bits per heavy atom. The second-order valence-electron chi connectivity index (χ2n) is 5.99. The van der Waals surface area contributed by atoms with E-state index >= 15 is 0 Å². The molecule has 3 rings (SSSR count). The Labute approximate surface area is 98.2 Å². The molecule has 1 N–H and O–H groups in total. The van der Waals surface area contributed by atoms with E-state index in [0.717, 1.165) is 25.2 Å². The van der Waals surface area contributed by atoms with Gasteiger partial charge in [0.2, 0.25) is 0 Å². The van der Waals surface area contributed by atoms with Crippen LogP contribution in [-0.4, -0.2) is 17.9 Å². The fourth-order valence-electron chi connectivity index (χ4n) is 4.03. The molecule has 2 aliphatic carbocycles. The largest absolute Gasteiger partial charge is 0.304 e. The van der Waals surface area contributed by atoms with Crippen molar-refractivity contribution in [3.05, 3.63) is 0 Å². The summed E-state index contributed by atoms with van der Waals surface area (Å²) in [4.78, 5) is 12.3. The summed E-state index contributed by atoms with van der Waals surface area (Å²) < 4.78 is 0. The van der Waals surface area contributed by atoms with Gasteiger partial charge in [0.25, 0.3) is 0 Å². The molecule has 0 bridgehead atoms. The quantitative estimate of drug-likeness (QED) is 0.776. The van der Waals surface area contributed by atoms with Gasteiger partial charge in [-0.15, -0.1) is 0 Å². The second-order valence-corrected chi connectivity index (χ2v) is 5.99. The van der Waals surface area contributed by atoms with E-state index < -0.39 is 0 Å². The Hall–Kier alpha value is -0.370. The molecule has 0 spiro atoms. The average Bonchev–Trinajstić information content (AvgIpc) is 2.97. The predicted octanol–water partition coefficient (Wildman–Crippen LogP) is 2.67. The third-order valence-electron chi connectivity index (χ3n) is 4.96. The zero-order valence-corrected chi connectivity index (χ0v) is 10.1. The molecule has 2 heteroatoms. The van der Waals surface area contributed by atoms with Crippen molar-refractivity contribution >= 4 is 5.78 Å². The summed E-state index contributed by atoms with van der Waals surface area (Å²) in [6.07, 6.45) is 11.4. The first kappa shape index (κ1) is 10.8. The molecule has 0 aromatic carbocycles. The molecule has 3 fully saturated rings. The van der Waals surface area contributed by atoms with Crippen LogP contribution in [0.25, 0.3) is 0 Å². The number of rotatable bonds is 2. The molecular formula is C14H23NO. The highest BCUT2D eigenvalue weighted by Crippen LogP contribution is 2.36. The first-order valence-electron chi connectivity index (χ1n) is 7.14. The zero-order chi connectivity index (χ0) is 11.0. The van der Waals surface area contributed by atoms with Crippen LogP contribution in [0.3, 0.4) is 0 Å². The van der Waals surface area contributed by atoms with Gasteiger partial charge in [-0.25, -0.2) is 0 Å². The minimum atomic E-state index is 0.219. The van der Waals surface area contributed by atoms with Crippen molar-refractivity contribution in [3.63, 3.8) is 0 Å². The maximum absolute atomic E-state index is 12.3. The molecule has 2 nitrogen and oxygen atoms in total. The Morgan fingerprint density at radius 2 is 1.62 bits per heavy atom. The van der Waals surface area contributed by atoms with Crippen LogP contribution in [-0.2, 0) is 4.79 Å². The summed E-state index contributed by atoms with van der Waals surface area (Å²) in [6.45, 7) is 0. The number of nitrogens with one attached hydrogen (secondary N) is 1. The molecule has 0 aromatic heterocycles. The molecule has 90 valence electrons. The van der Waals surface area contributed by atoms with Gasteiger partial charge in [-0.05, 0) is 38.0 Å². The second kappa shape index (κ2) is 4.48. The van der Waals surface area contributed by atoms with Gasteiger partial charge in [0.05, 0.1) is 6.04 Å². The lowest BCUT2D eigenvalue weighted by Gasteiger charge is -2.24. The van der Waals surface area contributed by atoms with Crippen molar-refractivity contribution in [1.29, 1.82) is 0 Å². The Bertz CT molecular complexity index is 256. The van der Waals surface area contributed by atoms with Gasteiger partial charge in [-0.2, -0.15) is 0 Å². The van der Waals surface area contributed by atoms with Gasteiger partial charge in [0.15, 0.2) is 5.78 Å². The molecule has 3 aliphatic rings. The number of ketones is 1. The number of Topliss-reactive ketones (excluding diaryl/α,β-unsaturated/α-hetero) is 1. The first-order chi connectivity index (χ1) is 7.84. The zero-order valence-electron chi connectivity index (χ0n) is 10.1. The van der Waals surface area contributed by atoms with Gasteiger partial charge < -0.3 is 5.32 Å². The van der Waals surface area contributed by atoms with E-state index in [2.05, 4.69) is 5.32 Å². The summed E-state index contributed by atoms with van der Waals surface area (Å²) >= 11 is 0. The fraction of sp³-hybridized carbons (Fsp3) is 0.929. The summed E-state index contributed by atoms with van der Waals surface area (Å²) in [5.74, 6) is 1.76. The van der Waals surface area contributed by atoms with Gasteiger partial charge in [-0.1, -0.05) is 25.7 Å². The molecule has 0 amide bonds. The molecule has 1 aliphatic heterocycles. The van der Waals surface area contributed by atoms with Crippen molar-refractivity contribution in [2.24, 2.45) is 11.8 Å². The fourth-order valence-corrected chi connectivity index (χ4v) is 4.03. The lowest BCUT2D eigenvalue weighted by molar-refractivity contribution is -0.124. The van der Waals surface area contributed by atoms with Crippen molar-refractivity contribution in [2.45, 2.75) is 69.9 Å². The molecule has 2 saturated carbocycles. The minimum absolute atomic E-state index is 0.219. The van der Waals surface area contributed by atoms with Gasteiger partial charge in [0, 0.05) is 12.0 Å². The molecule has 16 heavy (non-hydrogen) atoms. The Balaban J connectivity index is 1.61. The normalized spacial score (nSPS) is 39.9. The van der Waals surface area contributed by atoms with Crippen molar-refractivity contribution in [3.8, 4) is 0 Å². The molecule has 1 heterocycles. The average molecular weight is 221 g/mol. The Kier molecular flexibility index (Phi) is 3.01. The van der Waals surface area contributed by atoms with Crippen LogP contribution in [0.1, 0.15) is 57.8 Å². The van der Waals surface area contributed by atoms with E-state index in [1.807, 2.05) is 0 Å². The van der Waals surface area contributed by atoms with Gasteiger partial charge >= 0.3 is 0 Å². The van der Waals surface area contributed by atoms with Crippen molar-refractivity contribution < 1.29 is 4.79 Å². The SMILES string of the molecule is O=C(C1CCCC1)C1CC2CCCCC2N1. The van der Waals surface area contributed by atoms with E-state index in [9.17, 15) is 4.79 Å². The van der Waals surface area contributed by atoms with Crippen LogP contribution in [0.4, 0.5) is 0 Å². The summed E-state index contributed by atoms with van der Waals surface area (Å²) in [5.41, 5.74) is 0. The minimum Gasteiger partial charge on any atom is -0.304 e. The molecule has 0 aromatic rings. The first-order valence-corrected chi connectivity index (χ1v) is 7.14. The number of carbonyl (C=O) groups is 1. The van der Waals surface area contributed by atoms with Crippen molar-refractivity contribution in [1.82, 2.24) is 5.32 Å². The lowest BCUT2D eigenvalue weighted by Crippen LogP contribution is -2.39. The van der Waals surface area contributed by atoms with E-state index in [1.165, 1.54) is 38.5 Å². The van der Waals surface area contributed by atoms with Crippen LogP contribution in [0.15, 0.2) is 0 Å². The van der Waals surface area contributed by atoms with Crippen LogP contribution in [0.5, 0.6) is 0 Å². The topological polar surface area (TPSA) is 29.1 Å². The molecular weight excluding hydrogens is 198 g/mol. The maximum Gasteiger partial charge on any atom is 0.152 e. The van der Waals surface area contributed by atoms with E-state index in [4.69, 9.17) is 0 Å². The van der Waals surface area contributed by atoms with E-state index in [-0.39, 0.29) is 6.04 Å². The van der Waals surface area contributed by atoms with E-state index in [1.54, 1.807) is 0 Å². The summed E-state index contributed by atoms with van der Waals surface area (Å²) in [6, 6.07) is 0.889. The smallest absolute Gasteiger partial charge is 0.152 e. The van der Waals surface area contributed by atoms with Crippen LogP contribution in [0.2, 0.25) is 0 Å². The summed E-state index contributed by atoms with van der Waals surface area (Å²) in [7, 11) is 0. The molecule has 3 atom stereocenters. The number of fused-ring (bicyclic) bond motifs is 1. The Morgan fingerprint density at radius 1 is 0.938 bits per heavy atom. The van der Waals surface area contributed by atoms with Gasteiger partial charge in [0.1, 0.15) is 0 Å². The predicted molar refractivity (Wildman–Crippen MR) is 64.3 cm³/mol. The van der Waals surface area contributed by atoms with Crippen LogP contribution in [0, 0.1) is 11.8 Å². The molecule has 3 unspecified atom stereocenters. The third-order valence-corrected chi connectivity index (χ3v) is 4.96. The highest BCUT2D eigenvalue weighted by molar-refractivity contribution is 5.86. The number of hydrogen-bond acceptors (Lipinski definition) is 2. The monoisotopic (exact) mass is 221 g/mol. The summed E-state index contributed by atoms with van der Waals surface area (Å²) in [5, 5.41) is 3.62.